The van der Waals surface area contributed by atoms with Crippen LogP contribution in [0.4, 0.5) is 4.79 Å². The summed E-state index contributed by atoms with van der Waals surface area (Å²) in [5.41, 5.74) is 5.80. The van der Waals surface area contributed by atoms with Crippen LogP contribution in [0.1, 0.15) is 26.3 Å². The highest BCUT2D eigenvalue weighted by Gasteiger charge is 2.22. The number of rotatable bonds is 4. The zero-order chi connectivity index (χ0) is 15.3. The molecule has 0 spiro atoms. The van der Waals surface area contributed by atoms with Crippen molar-refractivity contribution in [3.05, 3.63) is 33.8 Å². The summed E-state index contributed by atoms with van der Waals surface area (Å²) >= 11 is 12.0. The number of benzene rings is 1. The summed E-state index contributed by atoms with van der Waals surface area (Å²) in [5.74, 6) is 0. The van der Waals surface area contributed by atoms with Gasteiger partial charge in [0.05, 0.1) is 6.54 Å². The van der Waals surface area contributed by atoms with E-state index in [0.29, 0.717) is 29.7 Å². The molecule has 6 heteroatoms. The van der Waals surface area contributed by atoms with Crippen molar-refractivity contribution in [3.63, 3.8) is 0 Å². The molecule has 1 rings (SSSR count). The second kappa shape index (κ2) is 7.16. The van der Waals surface area contributed by atoms with Gasteiger partial charge >= 0.3 is 6.09 Å². The molecule has 0 saturated carbocycles. The Bertz CT molecular complexity index is 473. The van der Waals surface area contributed by atoms with Crippen molar-refractivity contribution >= 4 is 29.3 Å². The normalized spacial score (nSPS) is 11.3. The minimum atomic E-state index is -0.548. The van der Waals surface area contributed by atoms with Crippen molar-refractivity contribution in [2.45, 2.75) is 32.9 Å². The molecule has 0 aliphatic heterocycles. The Morgan fingerprint density at radius 1 is 1.35 bits per heavy atom. The Hall–Kier alpha value is -0.970. The molecule has 0 bridgehead atoms. The Kier molecular flexibility index (Phi) is 6.11. The number of nitrogens with two attached hydrogens (primary N) is 1. The van der Waals surface area contributed by atoms with E-state index in [4.69, 9.17) is 33.7 Å². The van der Waals surface area contributed by atoms with Gasteiger partial charge in [-0.05, 0) is 38.5 Å². The lowest BCUT2D eigenvalue weighted by Crippen LogP contribution is -2.39. The summed E-state index contributed by atoms with van der Waals surface area (Å²) in [6, 6.07) is 5.17. The van der Waals surface area contributed by atoms with Crippen molar-refractivity contribution in [3.8, 4) is 0 Å². The largest absolute Gasteiger partial charge is 0.444 e. The molecule has 0 radical (unpaired) electrons. The van der Waals surface area contributed by atoms with E-state index in [-0.39, 0.29) is 0 Å². The van der Waals surface area contributed by atoms with Crippen LogP contribution in [0.15, 0.2) is 18.2 Å². The number of hydrogen-bond acceptors (Lipinski definition) is 3. The first-order chi connectivity index (χ1) is 9.23. The third-order valence-electron chi connectivity index (χ3n) is 2.43. The van der Waals surface area contributed by atoms with Crippen LogP contribution in [0.3, 0.4) is 0 Å². The molecule has 1 aromatic rings. The molecule has 0 aliphatic rings. The third kappa shape index (κ3) is 5.57. The van der Waals surface area contributed by atoms with E-state index in [1.165, 1.54) is 4.90 Å². The average molecular weight is 319 g/mol. The SMILES string of the molecule is CC(C)(C)OC(=O)N(CCN)Cc1ccc(Cl)cc1Cl. The summed E-state index contributed by atoms with van der Waals surface area (Å²) in [6.07, 6.45) is -0.408. The number of halogens is 2. The Morgan fingerprint density at radius 3 is 2.50 bits per heavy atom. The zero-order valence-electron chi connectivity index (χ0n) is 12.0. The summed E-state index contributed by atoms with van der Waals surface area (Å²) in [7, 11) is 0. The maximum atomic E-state index is 12.1. The van der Waals surface area contributed by atoms with Crippen molar-refractivity contribution in [2.24, 2.45) is 5.73 Å². The van der Waals surface area contributed by atoms with Gasteiger partial charge in [0.25, 0.3) is 0 Å². The molecule has 1 aromatic carbocycles. The van der Waals surface area contributed by atoms with Crippen LogP contribution < -0.4 is 5.73 Å². The predicted molar refractivity (Wildman–Crippen MR) is 82.2 cm³/mol. The van der Waals surface area contributed by atoms with Crippen LogP contribution in [0.5, 0.6) is 0 Å². The average Bonchev–Trinajstić information content (AvgIpc) is 2.29. The minimum absolute atomic E-state index is 0.335. The number of amides is 1. The monoisotopic (exact) mass is 318 g/mol. The minimum Gasteiger partial charge on any atom is -0.444 e. The first kappa shape index (κ1) is 17.1. The van der Waals surface area contributed by atoms with Crippen molar-refractivity contribution in [1.29, 1.82) is 0 Å². The third-order valence-corrected chi connectivity index (χ3v) is 3.01. The highest BCUT2D eigenvalue weighted by atomic mass is 35.5. The second-order valence-electron chi connectivity index (χ2n) is 5.43. The summed E-state index contributed by atoms with van der Waals surface area (Å²) in [6.45, 7) is 6.54. The van der Waals surface area contributed by atoms with Gasteiger partial charge in [-0.15, -0.1) is 0 Å². The molecule has 112 valence electrons. The van der Waals surface area contributed by atoms with Crippen molar-refractivity contribution < 1.29 is 9.53 Å². The van der Waals surface area contributed by atoms with E-state index in [9.17, 15) is 4.79 Å². The van der Waals surface area contributed by atoms with Gasteiger partial charge in [-0.1, -0.05) is 29.3 Å². The van der Waals surface area contributed by atoms with E-state index in [2.05, 4.69) is 0 Å². The molecule has 20 heavy (non-hydrogen) atoms. The van der Waals surface area contributed by atoms with Crippen molar-refractivity contribution in [2.75, 3.05) is 13.1 Å². The van der Waals surface area contributed by atoms with Gasteiger partial charge in [0.1, 0.15) is 5.60 Å². The molecular formula is C14H20Cl2N2O2. The number of carbonyl (C=O) groups excluding carboxylic acids is 1. The fourth-order valence-corrected chi connectivity index (χ4v) is 2.04. The van der Waals surface area contributed by atoms with Gasteiger partial charge < -0.3 is 15.4 Å². The topological polar surface area (TPSA) is 55.6 Å². The number of nitrogens with zero attached hydrogens (tertiary/aromatic N) is 1. The fraction of sp³-hybridized carbons (Fsp3) is 0.500. The number of hydrogen-bond donors (Lipinski definition) is 1. The first-order valence-electron chi connectivity index (χ1n) is 6.35. The quantitative estimate of drug-likeness (QED) is 0.921. The fourth-order valence-electron chi connectivity index (χ4n) is 1.57. The maximum absolute atomic E-state index is 12.1. The number of ether oxygens (including phenoxy) is 1. The van der Waals surface area contributed by atoms with Crippen LogP contribution in [0.25, 0.3) is 0 Å². The van der Waals surface area contributed by atoms with E-state index >= 15 is 0 Å². The van der Waals surface area contributed by atoms with Gasteiger partial charge in [0.15, 0.2) is 0 Å². The Labute approximate surface area is 129 Å². The smallest absolute Gasteiger partial charge is 0.410 e. The van der Waals surface area contributed by atoms with Crippen LogP contribution in [0.2, 0.25) is 10.0 Å². The van der Waals surface area contributed by atoms with E-state index in [0.717, 1.165) is 5.56 Å². The first-order valence-corrected chi connectivity index (χ1v) is 7.10. The van der Waals surface area contributed by atoms with Gasteiger partial charge in [0.2, 0.25) is 0 Å². The standard InChI is InChI=1S/C14H20Cl2N2O2/c1-14(2,3)20-13(19)18(7-6-17)9-10-4-5-11(15)8-12(10)16/h4-5,8H,6-7,9,17H2,1-3H3. The molecule has 0 aromatic heterocycles. The molecule has 0 unspecified atom stereocenters. The highest BCUT2D eigenvalue weighted by Crippen LogP contribution is 2.23. The molecule has 0 saturated heterocycles. The lowest BCUT2D eigenvalue weighted by Gasteiger charge is -2.27. The molecule has 0 aliphatic carbocycles. The van der Waals surface area contributed by atoms with Gasteiger partial charge in [-0.3, -0.25) is 0 Å². The van der Waals surface area contributed by atoms with E-state index in [1.54, 1.807) is 18.2 Å². The van der Waals surface area contributed by atoms with Gasteiger partial charge in [-0.25, -0.2) is 4.79 Å². The van der Waals surface area contributed by atoms with Gasteiger partial charge in [0, 0.05) is 23.1 Å². The zero-order valence-corrected chi connectivity index (χ0v) is 13.5. The predicted octanol–water partition coefficient (Wildman–Crippen LogP) is 3.69. The molecule has 0 atom stereocenters. The molecule has 4 nitrogen and oxygen atoms in total. The summed E-state index contributed by atoms with van der Waals surface area (Å²) in [5, 5.41) is 1.07. The molecular weight excluding hydrogens is 299 g/mol. The summed E-state index contributed by atoms with van der Waals surface area (Å²) < 4.78 is 5.35. The molecule has 0 heterocycles. The second-order valence-corrected chi connectivity index (χ2v) is 6.27. The Morgan fingerprint density at radius 2 is 2.00 bits per heavy atom. The summed E-state index contributed by atoms with van der Waals surface area (Å²) in [4.78, 5) is 13.6. The Balaban J connectivity index is 2.83. The number of carbonyl (C=O) groups is 1. The maximum Gasteiger partial charge on any atom is 0.410 e. The molecule has 0 fully saturated rings. The lowest BCUT2D eigenvalue weighted by molar-refractivity contribution is 0.0239. The van der Waals surface area contributed by atoms with Gasteiger partial charge in [-0.2, -0.15) is 0 Å². The van der Waals surface area contributed by atoms with E-state index in [1.807, 2.05) is 20.8 Å². The van der Waals surface area contributed by atoms with Crippen molar-refractivity contribution in [1.82, 2.24) is 4.90 Å². The van der Waals surface area contributed by atoms with Crippen LogP contribution >= 0.6 is 23.2 Å². The molecule has 1 amide bonds. The van der Waals surface area contributed by atoms with Crippen LogP contribution in [-0.4, -0.2) is 29.7 Å². The van der Waals surface area contributed by atoms with Crippen LogP contribution in [-0.2, 0) is 11.3 Å². The lowest BCUT2D eigenvalue weighted by atomic mass is 10.2. The highest BCUT2D eigenvalue weighted by molar-refractivity contribution is 6.35. The van der Waals surface area contributed by atoms with E-state index < -0.39 is 11.7 Å². The molecule has 2 N–H and O–H groups in total. The van der Waals surface area contributed by atoms with Crippen LogP contribution in [0, 0.1) is 0 Å².